The molecule has 0 atom stereocenters. The summed E-state index contributed by atoms with van der Waals surface area (Å²) >= 11 is 3.13. The molecule has 3 heterocycles. The summed E-state index contributed by atoms with van der Waals surface area (Å²) in [4.78, 5) is 18.1. The molecule has 0 aliphatic carbocycles. The van der Waals surface area contributed by atoms with E-state index >= 15 is 0 Å². The van der Waals surface area contributed by atoms with Crippen LogP contribution >= 0.6 is 22.7 Å². The summed E-state index contributed by atoms with van der Waals surface area (Å²) in [6, 6.07) is 2.02. The molecule has 3 rings (SSSR count). The van der Waals surface area contributed by atoms with Gasteiger partial charge in [0.25, 0.3) is 5.56 Å². The second-order valence-corrected chi connectivity index (χ2v) is 4.59. The van der Waals surface area contributed by atoms with Crippen molar-refractivity contribution >= 4 is 42.3 Å². The standard InChI is InChI=1S/C8H4N2OS2/c11-8-7-5(9-3-10-8)6-4(13-7)1-2-12-6/h1-3H,(H,9,10,11). The molecule has 0 spiro atoms. The number of aromatic amines is 1. The van der Waals surface area contributed by atoms with E-state index in [-0.39, 0.29) is 5.56 Å². The smallest absolute Gasteiger partial charge is 0.268 e. The Kier molecular flexibility index (Phi) is 1.33. The normalized spacial score (nSPS) is 11.4. The van der Waals surface area contributed by atoms with Crippen LogP contribution in [0, 0.1) is 0 Å². The van der Waals surface area contributed by atoms with Crippen molar-refractivity contribution in [3.63, 3.8) is 0 Å². The van der Waals surface area contributed by atoms with E-state index in [9.17, 15) is 4.79 Å². The van der Waals surface area contributed by atoms with Crippen molar-refractivity contribution in [3.05, 3.63) is 28.1 Å². The lowest BCUT2D eigenvalue weighted by molar-refractivity contribution is 1.18. The number of H-pyrrole nitrogens is 1. The first-order valence-electron chi connectivity index (χ1n) is 3.69. The second kappa shape index (κ2) is 2.40. The van der Waals surface area contributed by atoms with Crippen molar-refractivity contribution in [3.8, 4) is 0 Å². The van der Waals surface area contributed by atoms with Gasteiger partial charge in [0, 0.05) is 4.70 Å². The molecule has 64 valence electrons. The highest BCUT2D eigenvalue weighted by Gasteiger charge is 2.08. The molecule has 0 aliphatic heterocycles. The highest BCUT2D eigenvalue weighted by atomic mass is 32.1. The fourth-order valence-electron chi connectivity index (χ4n) is 1.30. The van der Waals surface area contributed by atoms with Gasteiger partial charge in [-0.15, -0.1) is 22.7 Å². The minimum atomic E-state index is -0.0431. The van der Waals surface area contributed by atoms with E-state index in [0.717, 1.165) is 19.6 Å². The largest absolute Gasteiger partial charge is 0.312 e. The molecule has 3 aromatic rings. The molecule has 0 bridgehead atoms. The summed E-state index contributed by atoms with van der Waals surface area (Å²) in [5.41, 5.74) is 0.789. The van der Waals surface area contributed by atoms with E-state index in [1.165, 1.54) is 17.7 Å². The summed E-state index contributed by atoms with van der Waals surface area (Å²) in [5, 5.41) is 2.02. The lowest BCUT2D eigenvalue weighted by Crippen LogP contribution is -2.03. The molecule has 0 saturated heterocycles. The minimum absolute atomic E-state index is 0.0431. The average Bonchev–Trinajstić information content (AvgIpc) is 2.65. The maximum absolute atomic E-state index is 11.4. The van der Waals surface area contributed by atoms with Crippen LogP contribution in [0.2, 0.25) is 0 Å². The van der Waals surface area contributed by atoms with Gasteiger partial charge in [-0.3, -0.25) is 4.79 Å². The van der Waals surface area contributed by atoms with Gasteiger partial charge in [0.05, 0.1) is 11.0 Å². The molecule has 3 nitrogen and oxygen atoms in total. The first-order chi connectivity index (χ1) is 6.36. The average molecular weight is 208 g/mol. The van der Waals surface area contributed by atoms with Crippen LogP contribution in [0.3, 0.4) is 0 Å². The van der Waals surface area contributed by atoms with Crippen LogP contribution in [-0.2, 0) is 0 Å². The van der Waals surface area contributed by atoms with Gasteiger partial charge < -0.3 is 4.98 Å². The monoisotopic (exact) mass is 208 g/mol. The first kappa shape index (κ1) is 7.23. The molecular weight excluding hydrogens is 204 g/mol. The Hall–Kier alpha value is -1.20. The Bertz CT molecular complexity index is 634. The molecule has 0 aliphatic rings. The molecule has 3 aromatic heterocycles. The van der Waals surface area contributed by atoms with Crippen LogP contribution in [0.1, 0.15) is 0 Å². The van der Waals surface area contributed by atoms with Crippen LogP contribution in [-0.4, -0.2) is 9.97 Å². The third-order valence-electron chi connectivity index (χ3n) is 1.87. The lowest BCUT2D eigenvalue weighted by Gasteiger charge is -1.84. The quantitative estimate of drug-likeness (QED) is 0.615. The molecule has 0 amide bonds. The maximum atomic E-state index is 11.4. The third-order valence-corrected chi connectivity index (χ3v) is 4.06. The van der Waals surface area contributed by atoms with E-state index in [4.69, 9.17) is 0 Å². The number of nitrogens with one attached hydrogen (secondary N) is 1. The molecule has 13 heavy (non-hydrogen) atoms. The number of nitrogens with zero attached hydrogens (tertiary/aromatic N) is 1. The molecule has 0 fully saturated rings. The van der Waals surface area contributed by atoms with Gasteiger partial charge in [-0.25, -0.2) is 4.98 Å². The van der Waals surface area contributed by atoms with Gasteiger partial charge >= 0.3 is 0 Å². The summed E-state index contributed by atoms with van der Waals surface area (Å²) in [7, 11) is 0. The van der Waals surface area contributed by atoms with Crippen molar-refractivity contribution in [2.24, 2.45) is 0 Å². The Morgan fingerprint density at radius 1 is 1.38 bits per heavy atom. The predicted octanol–water partition coefficient (Wildman–Crippen LogP) is 2.20. The zero-order valence-corrected chi connectivity index (χ0v) is 8.04. The fourth-order valence-corrected chi connectivity index (χ4v) is 3.46. The molecular formula is C8H4N2OS2. The van der Waals surface area contributed by atoms with Gasteiger partial charge in [-0.05, 0) is 11.4 Å². The zero-order valence-electron chi connectivity index (χ0n) is 6.40. The molecule has 5 heteroatoms. The van der Waals surface area contributed by atoms with Crippen molar-refractivity contribution in [1.29, 1.82) is 0 Å². The fraction of sp³-hybridized carbons (Fsp3) is 0. The molecule has 0 saturated carbocycles. The first-order valence-corrected chi connectivity index (χ1v) is 5.39. The van der Waals surface area contributed by atoms with E-state index in [1.54, 1.807) is 11.3 Å². The van der Waals surface area contributed by atoms with Gasteiger partial charge in [-0.1, -0.05) is 0 Å². The van der Waals surface area contributed by atoms with Crippen LogP contribution in [0.25, 0.3) is 19.6 Å². The second-order valence-electron chi connectivity index (χ2n) is 2.63. The number of aromatic nitrogens is 2. The van der Waals surface area contributed by atoms with E-state index in [2.05, 4.69) is 9.97 Å². The summed E-state index contributed by atoms with van der Waals surface area (Å²) in [6.07, 6.45) is 1.45. The van der Waals surface area contributed by atoms with Crippen LogP contribution in [0.5, 0.6) is 0 Å². The predicted molar refractivity (Wildman–Crippen MR) is 55.6 cm³/mol. The SMILES string of the molecule is O=c1[nH]cnc2c1sc1ccsc12. The zero-order chi connectivity index (χ0) is 8.84. The van der Waals surface area contributed by atoms with E-state index in [0.29, 0.717) is 0 Å². The van der Waals surface area contributed by atoms with Gasteiger partial charge in [-0.2, -0.15) is 0 Å². The number of hydrogen-bond acceptors (Lipinski definition) is 4. The molecule has 0 aromatic carbocycles. The van der Waals surface area contributed by atoms with E-state index in [1.807, 2.05) is 11.4 Å². The third kappa shape index (κ3) is 0.882. The molecule has 1 N–H and O–H groups in total. The highest BCUT2D eigenvalue weighted by molar-refractivity contribution is 7.31. The highest BCUT2D eigenvalue weighted by Crippen LogP contribution is 2.33. The van der Waals surface area contributed by atoms with Crippen LogP contribution < -0.4 is 5.56 Å². The number of hydrogen-bond donors (Lipinski definition) is 1. The van der Waals surface area contributed by atoms with Crippen LogP contribution in [0.15, 0.2) is 22.6 Å². The number of fused-ring (bicyclic) bond motifs is 3. The minimum Gasteiger partial charge on any atom is -0.312 e. The Balaban J connectivity index is 2.74. The summed E-state index contributed by atoms with van der Waals surface area (Å²) < 4.78 is 2.99. The van der Waals surface area contributed by atoms with Crippen molar-refractivity contribution < 1.29 is 0 Å². The Morgan fingerprint density at radius 2 is 2.31 bits per heavy atom. The Labute approximate surface area is 80.7 Å². The molecule has 0 unspecified atom stereocenters. The van der Waals surface area contributed by atoms with Crippen molar-refractivity contribution in [2.75, 3.05) is 0 Å². The maximum Gasteiger partial charge on any atom is 0.268 e. The van der Waals surface area contributed by atoms with Crippen molar-refractivity contribution in [1.82, 2.24) is 9.97 Å². The van der Waals surface area contributed by atoms with Gasteiger partial charge in [0.15, 0.2) is 0 Å². The summed E-state index contributed by atoms with van der Waals surface area (Å²) in [6.45, 7) is 0. The lowest BCUT2D eigenvalue weighted by atomic mass is 10.4. The Morgan fingerprint density at radius 3 is 3.23 bits per heavy atom. The molecule has 0 radical (unpaired) electrons. The number of thiophene rings is 2. The number of rotatable bonds is 0. The summed E-state index contributed by atoms with van der Waals surface area (Å²) in [5.74, 6) is 0. The van der Waals surface area contributed by atoms with E-state index < -0.39 is 0 Å². The topological polar surface area (TPSA) is 45.8 Å². The van der Waals surface area contributed by atoms with Gasteiger partial charge in [0.2, 0.25) is 0 Å². The van der Waals surface area contributed by atoms with Crippen molar-refractivity contribution in [2.45, 2.75) is 0 Å². The van der Waals surface area contributed by atoms with Gasteiger partial charge in [0.1, 0.15) is 10.2 Å². The van der Waals surface area contributed by atoms with Crippen LogP contribution in [0.4, 0.5) is 0 Å².